The Hall–Kier alpha value is -1.09. The van der Waals surface area contributed by atoms with Crippen molar-refractivity contribution in [3.8, 4) is 0 Å². The first-order valence-electron chi connectivity index (χ1n) is 5.94. The van der Waals surface area contributed by atoms with Gasteiger partial charge in [0, 0.05) is 25.3 Å². The summed E-state index contributed by atoms with van der Waals surface area (Å²) in [5, 5.41) is 3.25. The molecule has 16 heavy (non-hydrogen) atoms. The van der Waals surface area contributed by atoms with E-state index >= 15 is 0 Å². The lowest BCUT2D eigenvalue weighted by atomic mass is 10.1. The van der Waals surface area contributed by atoms with Crippen LogP contribution < -0.4 is 10.2 Å². The minimum absolute atomic E-state index is 0.152. The topological polar surface area (TPSA) is 15.3 Å². The van der Waals surface area contributed by atoms with Crippen LogP contribution in [0.4, 0.5) is 10.1 Å². The Bertz CT molecular complexity index is 361. The molecule has 1 fully saturated rings. The van der Waals surface area contributed by atoms with Crippen LogP contribution >= 0.6 is 0 Å². The molecule has 2 nitrogen and oxygen atoms in total. The highest BCUT2D eigenvalue weighted by atomic mass is 19.1. The van der Waals surface area contributed by atoms with Gasteiger partial charge < -0.3 is 10.2 Å². The molecule has 1 aromatic rings. The van der Waals surface area contributed by atoms with Crippen LogP contribution in [0.5, 0.6) is 0 Å². The largest absolute Gasteiger partial charge is 0.371 e. The zero-order chi connectivity index (χ0) is 11.5. The number of hydrogen-bond acceptors (Lipinski definition) is 2. The van der Waals surface area contributed by atoms with E-state index in [1.165, 1.54) is 12.8 Å². The molecule has 0 radical (unpaired) electrons. The van der Waals surface area contributed by atoms with Gasteiger partial charge in [-0.2, -0.15) is 0 Å². The van der Waals surface area contributed by atoms with Crippen molar-refractivity contribution in [3.63, 3.8) is 0 Å². The first-order valence-corrected chi connectivity index (χ1v) is 5.94. The maximum atomic E-state index is 13.2. The first-order chi connectivity index (χ1) is 7.72. The molecule has 0 saturated heterocycles. The molecule has 88 valence electrons. The molecule has 1 N–H and O–H groups in total. The van der Waals surface area contributed by atoms with Gasteiger partial charge >= 0.3 is 0 Å². The van der Waals surface area contributed by atoms with E-state index in [0.29, 0.717) is 6.04 Å². The molecule has 0 atom stereocenters. The van der Waals surface area contributed by atoms with Crippen molar-refractivity contribution in [2.24, 2.45) is 0 Å². The van der Waals surface area contributed by atoms with Crippen molar-refractivity contribution in [1.29, 1.82) is 0 Å². The maximum Gasteiger partial charge on any atom is 0.123 e. The van der Waals surface area contributed by atoms with E-state index in [0.717, 1.165) is 24.3 Å². The number of anilines is 1. The molecule has 1 aliphatic carbocycles. The number of benzene rings is 1. The average Bonchev–Trinajstić information content (AvgIpc) is 3.09. The van der Waals surface area contributed by atoms with Crippen molar-refractivity contribution in [3.05, 3.63) is 29.6 Å². The Morgan fingerprint density at radius 3 is 2.81 bits per heavy atom. The number of nitrogens with one attached hydrogen (secondary N) is 1. The fraction of sp³-hybridized carbons (Fsp3) is 0.538. The van der Waals surface area contributed by atoms with Crippen molar-refractivity contribution < 1.29 is 4.39 Å². The van der Waals surface area contributed by atoms with Crippen LogP contribution in [-0.2, 0) is 6.54 Å². The van der Waals surface area contributed by atoms with Crippen LogP contribution in [0.25, 0.3) is 0 Å². The quantitative estimate of drug-likeness (QED) is 0.823. The number of rotatable bonds is 5. The maximum absolute atomic E-state index is 13.2. The Kier molecular flexibility index (Phi) is 3.44. The predicted octanol–water partition coefficient (Wildman–Crippen LogP) is 2.53. The Labute approximate surface area is 96.5 Å². The summed E-state index contributed by atoms with van der Waals surface area (Å²) in [4.78, 5) is 2.27. The van der Waals surface area contributed by atoms with Crippen LogP contribution in [-0.4, -0.2) is 19.6 Å². The molecule has 1 aliphatic rings. The lowest BCUT2D eigenvalue weighted by Gasteiger charge is -2.22. The molecule has 0 heterocycles. The minimum Gasteiger partial charge on any atom is -0.371 e. The Morgan fingerprint density at radius 1 is 1.44 bits per heavy atom. The summed E-state index contributed by atoms with van der Waals surface area (Å²) >= 11 is 0. The molecule has 0 unspecified atom stereocenters. The summed E-state index contributed by atoms with van der Waals surface area (Å²) in [6.07, 6.45) is 2.52. The highest BCUT2D eigenvalue weighted by molar-refractivity contribution is 5.54. The number of nitrogens with zero attached hydrogens (tertiary/aromatic N) is 1. The summed E-state index contributed by atoms with van der Waals surface area (Å²) in [5.41, 5.74) is 2.21. The molecule has 1 aromatic carbocycles. The van der Waals surface area contributed by atoms with Gasteiger partial charge in [0.05, 0.1) is 0 Å². The Balaban J connectivity index is 2.20. The fourth-order valence-electron chi connectivity index (χ4n) is 1.96. The van der Waals surface area contributed by atoms with Gasteiger partial charge in [0.2, 0.25) is 0 Å². The molecular formula is C13H19FN2. The third-order valence-electron chi connectivity index (χ3n) is 3.08. The highest BCUT2D eigenvalue weighted by Crippen LogP contribution is 2.32. The van der Waals surface area contributed by atoms with E-state index in [4.69, 9.17) is 0 Å². The molecule has 0 aromatic heterocycles. The van der Waals surface area contributed by atoms with Crippen molar-refractivity contribution in [2.45, 2.75) is 32.4 Å². The molecular weight excluding hydrogens is 203 g/mol. The molecule has 0 amide bonds. The van der Waals surface area contributed by atoms with E-state index in [1.54, 1.807) is 12.1 Å². The summed E-state index contributed by atoms with van der Waals surface area (Å²) in [5.74, 6) is -0.152. The predicted molar refractivity (Wildman–Crippen MR) is 65.2 cm³/mol. The van der Waals surface area contributed by atoms with Crippen LogP contribution in [0.15, 0.2) is 18.2 Å². The van der Waals surface area contributed by atoms with Crippen molar-refractivity contribution >= 4 is 5.69 Å². The number of hydrogen-bond donors (Lipinski definition) is 1. The molecule has 2 rings (SSSR count). The third kappa shape index (κ3) is 2.53. The highest BCUT2D eigenvalue weighted by Gasteiger charge is 2.27. The molecule has 1 saturated carbocycles. The molecule has 0 bridgehead atoms. The van der Waals surface area contributed by atoms with Crippen LogP contribution in [0.3, 0.4) is 0 Å². The van der Waals surface area contributed by atoms with Gasteiger partial charge in [0.25, 0.3) is 0 Å². The second kappa shape index (κ2) is 4.83. The molecule has 0 spiro atoms. The summed E-state index contributed by atoms with van der Waals surface area (Å²) in [6.45, 7) is 3.70. The van der Waals surface area contributed by atoms with Gasteiger partial charge in [-0.25, -0.2) is 4.39 Å². The van der Waals surface area contributed by atoms with Crippen LogP contribution in [0.2, 0.25) is 0 Å². The van der Waals surface area contributed by atoms with Gasteiger partial charge in [-0.15, -0.1) is 0 Å². The summed E-state index contributed by atoms with van der Waals surface area (Å²) < 4.78 is 13.2. The van der Waals surface area contributed by atoms with Gasteiger partial charge in [-0.05, 0) is 43.1 Å². The van der Waals surface area contributed by atoms with E-state index in [9.17, 15) is 4.39 Å². The standard InChI is InChI=1S/C13H19FN2/c1-3-15-9-10-8-11(14)4-7-13(10)16(2)12-5-6-12/h4,7-8,12,15H,3,5-6,9H2,1-2H3. The second-order valence-electron chi connectivity index (χ2n) is 4.40. The smallest absolute Gasteiger partial charge is 0.123 e. The minimum atomic E-state index is -0.152. The van der Waals surface area contributed by atoms with Crippen molar-refractivity contribution in [1.82, 2.24) is 5.32 Å². The van der Waals surface area contributed by atoms with Gasteiger partial charge in [-0.1, -0.05) is 6.92 Å². The zero-order valence-electron chi connectivity index (χ0n) is 9.96. The molecule has 3 heteroatoms. The first kappa shape index (κ1) is 11.4. The van der Waals surface area contributed by atoms with Crippen LogP contribution in [0.1, 0.15) is 25.3 Å². The average molecular weight is 222 g/mol. The second-order valence-corrected chi connectivity index (χ2v) is 4.40. The van der Waals surface area contributed by atoms with Gasteiger partial charge in [0.1, 0.15) is 5.82 Å². The monoisotopic (exact) mass is 222 g/mol. The number of halogens is 1. The van der Waals surface area contributed by atoms with Crippen LogP contribution in [0, 0.1) is 5.82 Å². The van der Waals surface area contributed by atoms with E-state index < -0.39 is 0 Å². The fourth-order valence-corrected chi connectivity index (χ4v) is 1.96. The van der Waals surface area contributed by atoms with E-state index in [1.807, 2.05) is 6.07 Å². The summed E-state index contributed by atoms with van der Waals surface area (Å²) in [6, 6.07) is 5.73. The molecule has 0 aliphatic heterocycles. The normalized spacial score (nSPS) is 15.2. The Morgan fingerprint density at radius 2 is 2.19 bits per heavy atom. The zero-order valence-corrected chi connectivity index (χ0v) is 9.96. The lowest BCUT2D eigenvalue weighted by Crippen LogP contribution is -2.23. The SMILES string of the molecule is CCNCc1cc(F)ccc1N(C)C1CC1. The van der Waals surface area contributed by atoms with E-state index in [-0.39, 0.29) is 5.82 Å². The van der Waals surface area contributed by atoms with Gasteiger partial charge in [0.15, 0.2) is 0 Å². The summed E-state index contributed by atoms with van der Waals surface area (Å²) in [7, 11) is 2.10. The third-order valence-corrected chi connectivity index (χ3v) is 3.08. The van der Waals surface area contributed by atoms with E-state index in [2.05, 4.69) is 24.2 Å². The van der Waals surface area contributed by atoms with Gasteiger partial charge in [-0.3, -0.25) is 0 Å². The lowest BCUT2D eigenvalue weighted by molar-refractivity contribution is 0.621. The van der Waals surface area contributed by atoms with Crippen molar-refractivity contribution in [2.75, 3.05) is 18.5 Å².